The molecule has 1 aliphatic heterocycles. The number of hydrogen-bond acceptors (Lipinski definition) is 4. The third-order valence-corrected chi connectivity index (χ3v) is 4.18. The minimum absolute atomic E-state index is 0.140. The number of hydrogen-bond donors (Lipinski definition) is 2. The van der Waals surface area contributed by atoms with Gasteiger partial charge in [-0.25, -0.2) is 0 Å². The topological polar surface area (TPSA) is 84.7 Å². The summed E-state index contributed by atoms with van der Waals surface area (Å²) in [7, 11) is 1.96. The number of primary amides is 1. The Bertz CT molecular complexity index is 522. The van der Waals surface area contributed by atoms with Gasteiger partial charge in [-0.05, 0) is 56.6 Å². The number of carbonyl (C=O) groups is 2. The summed E-state index contributed by atoms with van der Waals surface area (Å²) < 4.78 is 5.55. The van der Waals surface area contributed by atoms with Crippen molar-refractivity contribution in [2.45, 2.75) is 19.3 Å². The van der Waals surface area contributed by atoms with Gasteiger partial charge in [0.2, 0.25) is 11.8 Å². The molecule has 2 rings (SSSR count). The molecule has 2 amide bonds. The van der Waals surface area contributed by atoms with E-state index in [-0.39, 0.29) is 5.91 Å². The van der Waals surface area contributed by atoms with Crippen LogP contribution in [0.1, 0.15) is 29.6 Å². The molecule has 23 heavy (non-hydrogen) atoms. The van der Waals surface area contributed by atoms with Gasteiger partial charge in [0.15, 0.2) is 0 Å². The Morgan fingerprint density at radius 2 is 1.91 bits per heavy atom. The standard InChI is InChI=1S/C17H25N3O3/c1-19-12-13-6-9-20(10-7-13)16(21)8-11-23-15-4-2-14(3-5-15)17(18)22/h2-5,13,19H,6-12H2,1H3,(H2,18,22). The Hall–Kier alpha value is -2.08. The third-order valence-electron chi connectivity index (χ3n) is 4.18. The van der Waals surface area contributed by atoms with Crippen LogP contribution in [0.5, 0.6) is 5.75 Å². The van der Waals surface area contributed by atoms with E-state index in [1.54, 1.807) is 24.3 Å². The zero-order valence-electron chi connectivity index (χ0n) is 13.6. The van der Waals surface area contributed by atoms with Crippen LogP contribution in [-0.2, 0) is 4.79 Å². The maximum Gasteiger partial charge on any atom is 0.248 e. The molecule has 1 aromatic carbocycles. The van der Waals surface area contributed by atoms with Crippen molar-refractivity contribution in [1.82, 2.24) is 10.2 Å². The third kappa shape index (κ3) is 5.25. The number of nitrogens with two attached hydrogens (primary N) is 1. The van der Waals surface area contributed by atoms with Crippen LogP contribution in [-0.4, -0.2) is 50.0 Å². The number of rotatable bonds is 7. The molecular formula is C17H25N3O3. The van der Waals surface area contributed by atoms with E-state index in [9.17, 15) is 9.59 Å². The molecule has 6 heteroatoms. The number of carbonyl (C=O) groups excluding carboxylic acids is 2. The number of benzene rings is 1. The van der Waals surface area contributed by atoms with Crippen molar-refractivity contribution in [2.24, 2.45) is 11.7 Å². The number of nitrogens with one attached hydrogen (secondary N) is 1. The summed E-state index contributed by atoms with van der Waals surface area (Å²) in [6, 6.07) is 6.61. The molecule has 0 radical (unpaired) electrons. The Kier molecular flexibility index (Phi) is 6.40. The van der Waals surface area contributed by atoms with Gasteiger partial charge in [0, 0.05) is 18.7 Å². The molecule has 1 saturated heterocycles. The quantitative estimate of drug-likeness (QED) is 0.785. The molecule has 6 nitrogen and oxygen atoms in total. The number of nitrogens with zero attached hydrogens (tertiary/aromatic N) is 1. The molecule has 0 bridgehead atoms. The van der Waals surface area contributed by atoms with Crippen molar-refractivity contribution in [3.05, 3.63) is 29.8 Å². The highest BCUT2D eigenvalue weighted by Crippen LogP contribution is 2.17. The van der Waals surface area contributed by atoms with E-state index in [0.29, 0.717) is 30.3 Å². The van der Waals surface area contributed by atoms with Gasteiger partial charge in [-0.15, -0.1) is 0 Å². The van der Waals surface area contributed by atoms with Crippen LogP contribution in [0.2, 0.25) is 0 Å². The van der Waals surface area contributed by atoms with E-state index in [1.165, 1.54) is 0 Å². The highest BCUT2D eigenvalue weighted by molar-refractivity contribution is 5.92. The molecule has 0 atom stereocenters. The average Bonchev–Trinajstić information content (AvgIpc) is 2.56. The molecule has 0 saturated carbocycles. The van der Waals surface area contributed by atoms with Gasteiger partial charge < -0.3 is 20.7 Å². The van der Waals surface area contributed by atoms with E-state index < -0.39 is 5.91 Å². The van der Waals surface area contributed by atoms with Crippen LogP contribution in [0.3, 0.4) is 0 Å². The van der Waals surface area contributed by atoms with Crippen LogP contribution in [0.25, 0.3) is 0 Å². The molecule has 0 aliphatic carbocycles. The summed E-state index contributed by atoms with van der Waals surface area (Å²) in [6.45, 7) is 3.02. The summed E-state index contributed by atoms with van der Waals surface area (Å²) in [5, 5.41) is 3.19. The van der Waals surface area contributed by atoms with Gasteiger partial charge in [-0.3, -0.25) is 9.59 Å². The molecule has 1 fully saturated rings. The van der Waals surface area contributed by atoms with Crippen LogP contribution >= 0.6 is 0 Å². The van der Waals surface area contributed by atoms with Gasteiger partial charge in [-0.2, -0.15) is 0 Å². The monoisotopic (exact) mass is 319 g/mol. The van der Waals surface area contributed by atoms with Crippen molar-refractivity contribution in [3.63, 3.8) is 0 Å². The second-order valence-corrected chi connectivity index (χ2v) is 5.87. The lowest BCUT2D eigenvalue weighted by Gasteiger charge is -2.32. The fourth-order valence-electron chi connectivity index (χ4n) is 2.80. The van der Waals surface area contributed by atoms with Gasteiger partial charge in [0.25, 0.3) is 0 Å². The summed E-state index contributed by atoms with van der Waals surface area (Å²) >= 11 is 0. The fraction of sp³-hybridized carbons (Fsp3) is 0.529. The molecule has 0 spiro atoms. The largest absolute Gasteiger partial charge is 0.493 e. The normalized spacial score (nSPS) is 15.4. The highest BCUT2D eigenvalue weighted by Gasteiger charge is 2.21. The Balaban J connectivity index is 1.69. The lowest BCUT2D eigenvalue weighted by Crippen LogP contribution is -2.40. The molecule has 3 N–H and O–H groups in total. The van der Waals surface area contributed by atoms with Crippen LogP contribution in [0.4, 0.5) is 0 Å². The van der Waals surface area contributed by atoms with Crippen molar-refractivity contribution in [2.75, 3.05) is 33.3 Å². The Morgan fingerprint density at radius 3 is 2.48 bits per heavy atom. The molecule has 0 aromatic heterocycles. The number of amides is 2. The lowest BCUT2D eigenvalue weighted by molar-refractivity contribution is -0.133. The Labute approximate surface area is 137 Å². The zero-order valence-corrected chi connectivity index (χ0v) is 13.6. The maximum atomic E-state index is 12.2. The van der Waals surface area contributed by atoms with E-state index in [0.717, 1.165) is 32.5 Å². The Morgan fingerprint density at radius 1 is 1.26 bits per heavy atom. The van der Waals surface area contributed by atoms with Gasteiger partial charge in [-0.1, -0.05) is 0 Å². The molecule has 1 heterocycles. The van der Waals surface area contributed by atoms with Crippen molar-refractivity contribution < 1.29 is 14.3 Å². The minimum atomic E-state index is -0.464. The van der Waals surface area contributed by atoms with Crippen molar-refractivity contribution in [1.29, 1.82) is 0 Å². The van der Waals surface area contributed by atoms with E-state index in [4.69, 9.17) is 10.5 Å². The SMILES string of the molecule is CNCC1CCN(C(=O)CCOc2ccc(C(N)=O)cc2)CC1. The van der Waals surface area contributed by atoms with E-state index in [1.807, 2.05) is 11.9 Å². The first-order valence-electron chi connectivity index (χ1n) is 8.05. The molecule has 1 aliphatic rings. The number of piperidine rings is 1. The van der Waals surface area contributed by atoms with E-state index >= 15 is 0 Å². The van der Waals surface area contributed by atoms with Gasteiger partial charge >= 0.3 is 0 Å². The van der Waals surface area contributed by atoms with E-state index in [2.05, 4.69) is 5.32 Å². The first-order chi connectivity index (χ1) is 11.1. The average molecular weight is 319 g/mol. The number of ether oxygens (including phenoxy) is 1. The van der Waals surface area contributed by atoms with Crippen LogP contribution < -0.4 is 15.8 Å². The van der Waals surface area contributed by atoms with Crippen LogP contribution in [0, 0.1) is 5.92 Å². The van der Waals surface area contributed by atoms with Crippen LogP contribution in [0.15, 0.2) is 24.3 Å². The predicted molar refractivity (Wildman–Crippen MR) is 88.3 cm³/mol. The second kappa shape index (κ2) is 8.53. The smallest absolute Gasteiger partial charge is 0.248 e. The molecule has 1 aromatic rings. The first kappa shape index (κ1) is 17.3. The fourth-order valence-corrected chi connectivity index (χ4v) is 2.80. The molecule has 126 valence electrons. The summed E-state index contributed by atoms with van der Waals surface area (Å²) in [5.74, 6) is 0.981. The summed E-state index contributed by atoms with van der Waals surface area (Å²) in [5.41, 5.74) is 5.62. The molecule has 0 unspecified atom stereocenters. The second-order valence-electron chi connectivity index (χ2n) is 5.87. The highest BCUT2D eigenvalue weighted by atomic mass is 16.5. The summed E-state index contributed by atoms with van der Waals surface area (Å²) in [6.07, 6.45) is 2.48. The minimum Gasteiger partial charge on any atom is -0.493 e. The lowest BCUT2D eigenvalue weighted by atomic mass is 9.97. The van der Waals surface area contributed by atoms with Gasteiger partial charge in [0.05, 0.1) is 13.0 Å². The zero-order chi connectivity index (χ0) is 16.7. The maximum absolute atomic E-state index is 12.2. The van der Waals surface area contributed by atoms with Crippen molar-refractivity contribution in [3.8, 4) is 5.75 Å². The predicted octanol–water partition coefficient (Wildman–Crippen LogP) is 1.01. The first-order valence-corrected chi connectivity index (χ1v) is 8.05. The summed E-state index contributed by atoms with van der Waals surface area (Å²) in [4.78, 5) is 25.1. The molecular weight excluding hydrogens is 294 g/mol. The number of likely N-dealkylation sites (tertiary alicyclic amines) is 1. The van der Waals surface area contributed by atoms with Crippen molar-refractivity contribution >= 4 is 11.8 Å². The van der Waals surface area contributed by atoms with Gasteiger partial charge in [0.1, 0.15) is 5.75 Å².